The molecular weight excluding hydrogens is 230 g/mol. The van der Waals surface area contributed by atoms with Gasteiger partial charge in [0.15, 0.2) is 0 Å². The van der Waals surface area contributed by atoms with Gasteiger partial charge in [-0.1, -0.05) is 20.8 Å². The van der Waals surface area contributed by atoms with Crippen LogP contribution in [0.2, 0.25) is 0 Å². The van der Waals surface area contributed by atoms with Crippen molar-refractivity contribution in [1.29, 1.82) is 0 Å². The minimum Gasteiger partial charge on any atom is -0.480 e. The highest BCUT2D eigenvalue weighted by Gasteiger charge is 2.40. The Kier molecular flexibility index (Phi) is 4.16. The van der Waals surface area contributed by atoms with Crippen molar-refractivity contribution in [3.8, 4) is 0 Å². The van der Waals surface area contributed by atoms with Crippen molar-refractivity contribution >= 4 is 16.0 Å². The number of likely N-dealkylation sites (N-methyl/N-ethyl adjacent to an activating group) is 1. The van der Waals surface area contributed by atoms with Crippen LogP contribution < -0.4 is 0 Å². The largest absolute Gasteiger partial charge is 0.480 e. The number of rotatable bonds is 4. The second-order valence-corrected chi connectivity index (χ2v) is 7.65. The molecule has 16 heavy (non-hydrogen) atoms. The topological polar surface area (TPSA) is 74.7 Å². The first-order valence-electron chi connectivity index (χ1n) is 5.01. The molecule has 5 nitrogen and oxygen atoms in total. The summed E-state index contributed by atoms with van der Waals surface area (Å²) in [6.45, 7) is 8.13. The van der Waals surface area contributed by atoms with Gasteiger partial charge in [0, 0.05) is 7.05 Å². The fourth-order valence-corrected chi connectivity index (χ4v) is 3.19. The summed E-state index contributed by atoms with van der Waals surface area (Å²) in [6.07, 6.45) is 0. The third-order valence-corrected chi connectivity index (χ3v) is 4.87. The number of carboxylic acids is 1. The van der Waals surface area contributed by atoms with Crippen LogP contribution in [0.4, 0.5) is 0 Å². The van der Waals surface area contributed by atoms with E-state index in [1.807, 2.05) is 0 Å². The molecule has 96 valence electrons. The molecule has 0 radical (unpaired) electrons. The average Bonchev–Trinajstić information content (AvgIpc) is 1.97. The molecule has 0 saturated carbocycles. The first-order chi connectivity index (χ1) is 6.81. The average molecular weight is 251 g/mol. The van der Waals surface area contributed by atoms with Gasteiger partial charge < -0.3 is 5.11 Å². The molecule has 0 heterocycles. The van der Waals surface area contributed by atoms with Crippen LogP contribution in [-0.2, 0) is 14.8 Å². The highest BCUT2D eigenvalue weighted by molar-refractivity contribution is 7.89. The number of carboxylic acid groups (broad SMARTS) is 1. The zero-order valence-corrected chi connectivity index (χ0v) is 11.6. The lowest BCUT2D eigenvalue weighted by molar-refractivity contribution is -0.145. The smallest absolute Gasteiger partial charge is 0.324 e. The van der Waals surface area contributed by atoms with Crippen molar-refractivity contribution in [3.63, 3.8) is 0 Å². The number of nitrogens with zero attached hydrogens (tertiary/aromatic N) is 1. The monoisotopic (exact) mass is 251 g/mol. The van der Waals surface area contributed by atoms with E-state index in [1.165, 1.54) is 20.9 Å². The predicted octanol–water partition coefficient (Wildman–Crippen LogP) is 1.16. The summed E-state index contributed by atoms with van der Waals surface area (Å²) in [4.78, 5) is 11.0. The minimum atomic E-state index is -3.57. The molecule has 0 aliphatic rings. The van der Waals surface area contributed by atoms with Crippen LogP contribution in [0.1, 0.15) is 34.6 Å². The van der Waals surface area contributed by atoms with E-state index in [0.717, 1.165) is 4.31 Å². The Balaban J connectivity index is 5.14. The normalized spacial score (nSPS) is 14.2. The van der Waals surface area contributed by atoms with E-state index in [9.17, 15) is 13.2 Å². The Labute approximate surface area is 97.5 Å². The highest BCUT2D eigenvalue weighted by Crippen LogP contribution is 2.23. The summed E-state index contributed by atoms with van der Waals surface area (Å²) in [5, 5.41) is 8.97. The van der Waals surface area contributed by atoms with Gasteiger partial charge in [-0.05, 0) is 19.3 Å². The second kappa shape index (κ2) is 4.33. The van der Waals surface area contributed by atoms with E-state index in [1.54, 1.807) is 20.8 Å². The summed E-state index contributed by atoms with van der Waals surface area (Å²) in [5.41, 5.74) is -1.83. The molecule has 0 unspecified atom stereocenters. The Morgan fingerprint density at radius 2 is 1.56 bits per heavy atom. The van der Waals surface area contributed by atoms with Gasteiger partial charge in [0.1, 0.15) is 5.54 Å². The molecule has 0 aromatic carbocycles. The lowest BCUT2D eigenvalue weighted by atomic mass is 10.0. The molecule has 0 aliphatic carbocycles. The molecule has 0 spiro atoms. The molecule has 0 rings (SSSR count). The molecule has 0 saturated heterocycles. The first-order valence-corrected chi connectivity index (χ1v) is 6.62. The van der Waals surface area contributed by atoms with Crippen LogP contribution in [0.25, 0.3) is 0 Å². The molecule has 0 bridgehead atoms. The van der Waals surface area contributed by atoms with Gasteiger partial charge in [-0.3, -0.25) is 4.79 Å². The van der Waals surface area contributed by atoms with Gasteiger partial charge in [0.25, 0.3) is 0 Å². The van der Waals surface area contributed by atoms with Crippen molar-refractivity contribution in [2.45, 2.75) is 40.2 Å². The van der Waals surface area contributed by atoms with E-state index in [2.05, 4.69) is 0 Å². The van der Waals surface area contributed by atoms with Gasteiger partial charge in [0.05, 0.1) is 5.75 Å². The third-order valence-electron chi connectivity index (χ3n) is 2.34. The van der Waals surface area contributed by atoms with Crippen molar-refractivity contribution < 1.29 is 18.3 Å². The summed E-state index contributed by atoms with van der Waals surface area (Å²) >= 11 is 0. The van der Waals surface area contributed by atoms with Crippen LogP contribution in [0.3, 0.4) is 0 Å². The van der Waals surface area contributed by atoms with Gasteiger partial charge >= 0.3 is 5.97 Å². The van der Waals surface area contributed by atoms with Crippen molar-refractivity contribution in [2.75, 3.05) is 12.8 Å². The quantitative estimate of drug-likeness (QED) is 0.813. The van der Waals surface area contributed by atoms with Crippen LogP contribution in [-0.4, -0.2) is 42.1 Å². The first kappa shape index (κ1) is 15.4. The number of hydrogen-bond acceptors (Lipinski definition) is 3. The van der Waals surface area contributed by atoms with Crippen molar-refractivity contribution in [1.82, 2.24) is 4.31 Å². The van der Waals surface area contributed by atoms with Crippen molar-refractivity contribution in [3.05, 3.63) is 0 Å². The lowest BCUT2D eigenvalue weighted by Crippen LogP contribution is -2.52. The SMILES string of the molecule is CN(C(C)(C)C(=O)O)S(=O)(=O)CC(C)(C)C. The molecule has 0 amide bonds. The van der Waals surface area contributed by atoms with Gasteiger partial charge in [-0.15, -0.1) is 0 Å². The highest BCUT2D eigenvalue weighted by atomic mass is 32.2. The Morgan fingerprint density at radius 1 is 1.19 bits per heavy atom. The standard InChI is InChI=1S/C10H21NO4S/c1-9(2,3)7-16(14,15)11(6)10(4,5)8(12)13/h7H2,1-6H3,(H,12,13). The van der Waals surface area contributed by atoms with Crippen LogP contribution in [0, 0.1) is 5.41 Å². The predicted molar refractivity (Wildman–Crippen MR) is 62.7 cm³/mol. The number of carbonyl (C=O) groups is 1. The Morgan fingerprint density at radius 3 is 1.81 bits per heavy atom. The fourth-order valence-electron chi connectivity index (χ4n) is 1.13. The van der Waals surface area contributed by atoms with Gasteiger partial charge in [0.2, 0.25) is 10.0 Å². The molecular formula is C10H21NO4S. The molecule has 0 aromatic heterocycles. The Bertz CT molecular complexity index is 365. The van der Waals surface area contributed by atoms with Crippen LogP contribution in [0.15, 0.2) is 0 Å². The van der Waals surface area contributed by atoms with Gasteiger partial charge in [-0.2, -0.15) is 4.31 Å². The van der Waals surface area contributed by atoms with E-state index in [0.29, 0.717) is 0 Å². The molecule has 0 aromatic rings. The minimum absolute atomic E-state index is 0.0762. The zero-order chi connectivity index (χ0) is 13.4. The van der Waals surface area contributed by atoms with Crippen LogP contribution in [0.5, 0.6) is 0 Å². The zero-order valence-electron chi connectivity index (χ0n) is 10.7. The molecule has 0 atom stereocenters. The molecule has 0 aliphatic heterocycles. The Hall–Kier alpha value is -0.620. The number of hydrogen-bond donors (Lipinski definition) is 1. The third kappa shape index (κ3) is 3.75. The molecule has 1 N–H and O–H groups in total. The summed E-state index contributed by atoms with van der Waals surface area (Å²) in [7, 11) is -2.27. The van der Waals surface area contributed by atoms with Crippen molar-refractivity contribution in [2.24, 2.45) is 5.41 Å². The maximum atomic E-state index is 12.0. The molecule has 0 fully saturated rings. The van der Waals surface area contributed by atoms with Gasteiger partial charge in [-0.25, -0.2) is 8.42 Å². The van der Waals surface area contributed by atoms with E-state index in [4.69, 9.17) is 5.11 Å². The summed E-state index contributed by atoms with van der Waals surface area (Å²) < 4.78 is 24.8. The maximum Gasteiger partial charge on any atom is 0.324 e. The number of aliphatic carboxylic acids is 1. The summed E-state index contributed by atoms with van der Waals surface area (Å²) in [5.74, 6) is -1.24. The fraction of sp³-hybridized carbons (Fsp3) is 0.900. The van der Waals surface area contributed by atoms with E-state index in [-0.39, 0.29) is 5.75 Å². The lowest BCUT2D eigenvalue weighted by Gasteiger charge is -2.32. The summed E-state index contributed by atoms with van der Waals surface area (Å²) in [6, 6.07) is 0. The van der Waals surface area contributed by atoms with Crippen LogP contribution >= 0.6 is 0 Å². The second-order valence-electron chi connectivity index (χ2n) is 5.65. The maximum absolute atomic E-state index is 12.0. The van der Waals surface area contributed by atoms with E-state index < -0.39 is 26.9 Å². The molecule has 6 heteroatoms. The number of sulfonamides is 1. The van der Waals surface area contributed by atoms with E-state index >= 15 is 0 Å².